The SMILES string of the molecule is CC(C)Oc1ccc(-c2ccoc2C2CN(C=O)C(COc3cccnc3)CN2)cc1. The van der Waals surface area contributed by atoms with Gasteiger partial charge < -0.3 is 24.1 Å². The molecule has 1 aromatic carbocycles. The fraction of sp³-hybridized carbons (Fsp3) is 0.333. The maximum Gasteiger partial charge on any atom is 0.210 e. The molecule has 7 heteroatoms. The second-order valence-electron chi connectivity index (χ2n) is 7.81. The molecule has 0 bridgehead atoms. The molecule has 1 aliphatic rings. The van der Waals surface area contributed by atoms with Crippen LogP contribution in [0, 0.1) is 0 Å². The zero-order valence-corrected chi connectivity index (χ0v) is 17.7. The van der Waals surface area contributed by atoms with E-state index >= 15 is 0 Å². The van der Waals surface area contributed by atoms with Crippen molar-refractivity contribution in [2.45, 2.75) is 32.0 Å². The summed E-state index contributed by atoms with van der Waals surface area (Å²) < 4.78 is 17.4. The molecule has 0 spiro atoms. The zero-order chi connectivity index (χ0) is 21.6. The lowest BCUT2D eigenvalue weighted by atomic mass is 10.00. The number of nitrogens with zero attached hydrogens (tertiary/aromatic N) is 2. The molecule has 0 aliphatic carbocycles. The Bertz CT molecular complexity index is 972. The van der Waals surface area contributed by atoms with Gasteiger partial charge in [-0.15, -0.1) is 0 Å². The number of ether oxygens (including phenoxy) is 2. The highest BCUT2D eigenvalue weighted by Gasteiger charge is 2.31. The minimum atomic E-state index is -0.101. The van der Waals surface area contributed by atoms with Crippen LogP contribution >= 0.6 is 0 Å². The number of pyridine rings is 1. The molecule has 162 valence electrons. The van der Waals surface area contributed by atoms with E-state index in [9.17, 15) is 4.79 Å². The summed E-state index contributed by atoms with van der Waals surface area (Å²) in [6, 6.07) is 13.4. The number of hydrogen-bond acceptors (Lipinski definition) is 6. The van der Waals surface area contributed by atoms with Crippen LogP contribution in [0.15, 0.2) is 65.5 Å². The lowest BCUT2D eigenvalue weighted by molar-refractivity contribution is -0.122. The molecule has 2 atom stereocenters. The van der Waals surface area contributed by atoms with Crippen molar-refractivity contribution in [2.24, 2.45) is 0 Å². The molecule has 2 aromatic heterocycles. The predicted molar refractivity (Wildman–Crippen MR) is 117 cm³/mol. The van der Waals surface area contributed by atoms with E-state index in [1.165, 1.54) is 0 Å². The number of piperazine rings is 1. The molecular weight excluding hydrogens is 394 g/mol. The number of carbonyl (C=O) groups is 1. The van der Waals surface area contributed by atoms with Crippen LogP contribution in [0.1, 0.15) is 25.6 Å². The van der Waals surface area contributed by atoms with Crippen molar-refractivity contribution in [1.29, 1.82) is 0 Å². The zero-order valence-electron chi connectivity index (χ0n) is 17.7. The number of nitrogens with one attached hydrogen (secondary N) is 1. The summed E-state index contributed by atoms with van der Waals surface area (Å²) in [5, 5.41) is 3.51. The Hall–Kier alpha value is -3.32. The number of rotatable bonds is 8. The Morgan fingerprint density at radius 2 is 2.06 bits per heavy atom. The monoisotopic (exact) mass is 421 g/mol. The van der Waals surface area contributed by atoms with Gasteiger partial charge in [-0.05, 0) is 49.7 Å². The molecule has 1 fully saturated rings. The first-order valence-corrected chi connectivity index (χ1v) is 10.5. The molecule has 1 aliphatic heterocycles. The van der Waals surface area contributed by atoms with Gasteiger partial charge in [0.25, 0.3) is 0 Å². The van der Waals surface area contributed by atoms with Crippen molar-refractivity contribution in [1.82, 2.24) is 15.2 Å². The molecular formula is C24H27N3O4. The lowest BCUT2D eigenvalue weighted by Crippen LogP contribution is -2.54. The van der Waals surface area contributed by atoms with Crippen LogP contribution in [0.3, 0.4) is 0 Å². The average Bonchev–Trinajstić information content (AvgIpc) is 3.28. The maximum absolute atomic E-state index is 11.8. The molecule has 1 amide bonds. The molecule has 1 saturated heterocycles. The van der Waals surface area contributed by atoms with E-state index in [0.717, 1.165) is 29.0 Å². The molecule has 2 unspecified atom stereocenters. The summed E-state index contributed by atoms with van der Waals surface area (Å²) in [7, 11) is 0. The van der Waals surface area contributed by atoms with Crippen molar-refractivity contribution in [3.63, 3.8) is 0 Å². The Kier molecular flexibility index (Phi) is 6.52. The van der Waals surface area contributed by atoms with E-state index in [1.807, 2.05) is 56.3 Å². The van der Waals surface area contributed by atoms with Gasteiger partial charge in [0.05, 0.1) is 30.6 Å². The van der Waals surface area contributed by atoms with E-state index in [4.69, 9.17) is 13.9 Å². The first kappa shape index (κ1) is 20.9. The van der Waals surface area contributed by atoms with Crippen molar-refractivity contribution >= 4 is 6.41 Å². The summed E-state index contributed by atoms with van der Waals surface area (Å²) >= 11 is 0. The molecule has 1 N–H and O–H groups in total. The van der Waals surface area contributed by atoms with Gasteiger partial charge in [0, 0.05) is 24.8 Å². The van der Waals surface area contributed by atoms with Gasteiger partial charge in [-0.1, -0.05) is 12.1 Å². The van der Waals surface area contributed by atoms with Gasteiger partial charge in [0.1, 0.15) is 23.9 Å². The molecule has 3 aromatic rings. The van der Waals surface area contributed by atoms with Crippen LogP contribution in [0.25, 0.3) is 11.1 Å². The van der Waals surface area contributed by atoms with Crippen molar-refractivity contribution in [3.05, 3.63) is 66.9 Å². The quantitative estimate of drug-likeness (QED) is 0.559. The number of amides is 1. The summed E-state index contributed by atoms with van der Waals surface area (Å²) in [6.07, 6.45) is 6.06. The maximum atomic E-state index is 11.8. The van der Waals surface area contributed by atoms with E-state index in [2.05, 4.69) is 10.3 Å². The Morgan fingerprint density at radius 1 is 1.23 bits per heavy atom. The highest BCUT2D eigenvalue weighted by atomic mass is 16.5. The van der Waals surface area contributed by atoms with Gasteiger partial charge in [0.15, 0.2) is 0 Å². The number of carbonyl (C=O) groups excluding carboxylic acids is 1. The standard InChI is InChI=1S/C24H27N3O4/c1-17(2)31-20-7-5-18(6-8-20)22-9-11-29-24(22)23-14-27(16-28)19(12-26-23)15-30-21-4-3-10-25-13-21/h3-11,13,16-17,19,23,26H,12,14-15H2,1-2H3. The fourth-order valence-corrected chi connectivity index (χ4v) is 3.72. The van der Waals surface area contributed by atoms with Crippen LogP contribution in [-0.4, -0.2) is 48.1 Å². The summed E-state index contributed by atoms with van der Waals surface area (Å²) in [5.74, 6) is 2.34. The highest BCUT2D eigenvalue weighted by Crippen LogP contribution is 2.32. The average molecular weight is 421 g/mol. The summed E-state index contributed by atoms with van der Waals surface area (Å²) in [6.45, 7) is 5.51. The van der Waals surface area contributed by atoms with E-state index in [-0.39, 0.29) is 18.2 Å². The summed E-state index contributed by atoms with van der Waals surface area (Å²) in [4.78, 5) is 17.6. The third-order valence-corrected chi connectivity index (χ3v) is 5.22. The Morgan fingerprint density at radius 3 is 2.77 bits per heavy atom. The van der Waals surface area contributed by atoms with Crippen molar-refractivity contribution in [3.8, 4) is 22.6 Å². The number of aromatic nitrogens is 1. The van der Waals surface area contributed by atoms with E-state index in [0.29, 0.717) is 25.4 Å². The van der Waals surface area contributed by atoms with Gasteiger partial charge in [-0.25, -0.2) is 0 Å². The molecule has 3 heterocycles. The molecule has 0 saturated carbocycles. The largest absolute Gasteiger partial charge is 0.491 e. The van der Waals surface area contributed by atoms with E-state index in [1.54, 1.807) is 23.6 Å². The fourth-order valence-electron chi connectivity index (χ4n) is 3.72. The second kappa shape index (κ2) is 9.66. The molecule has 7 nitrogen and oxygen atoms in total. The van der Waals surface area contributed by atoms with Crippen molar-refractivity contribution in [2.75, 3.05) is 19.7 Å². The first-order chi connectivity index (χ1) is 15.1. The third-order valence-electron chi connectivity index (χ3n) is 5.22. The minimum Gasteiger partial charge on any atom is -0.491 e. The second-order valence-corrected chi connectivity index (χ2v) is 7.81. The Balaban J connectivity index is 1.43. The van der Waals surface area contributed by atoms with Crippen LogP contribution in [0.4, 0.5) is 0 Å². The van der Waals surface area contributed by atoms with Gasteiger partial charge in [0.2, 0.25) is 6.41 Å². The van der Waals surface area contributed by atoms with Crippen LogP contribution < -0.4 is 14.8 Å². The molecule has 0 radical (unpaired) electrons. The highest BCUT2D eigenvalue weighted by molar-refractivity contribution is 5.67. The lowest BCUT2D eigenvalue weighted by Gasteiger charge is -2.37. The third kappa shape index (κ3) is 5.06. The molecule has 4 rings (SSSR count). The van der Waals surface area contributed by atoms with Crippen LogP contribution in [0.2, 0.25) is 0 Å². The van der Waals surface area contributed by atoms with Crippen LogP contribution in [-0.2, 0) is 4.79 Å². The smallest absolute Gasteiger partial charge is 0.210 e. The van der Waals surface area contributed by atoms with Gasteiger partial charge in [-0.3, -0.25) is 9.78 Å². The summed E-state index contributed by atoms with van der Waals surface area (Å²) in [5.41, 5.74) is 2.05. The molecule has 31 heavy (non-hydrogen) atoms. The number of hydrogen-bond donors (Lipinski definition) is 1. The minimum absolute atomic E-state index is 0.0696. The van der Waals surface area contributed by atoms with Crippen molar-refractivity contribution < 1.29 is 18.7 Å². The number of furan rings is 1. The van der Waals surface area contributed by atoms with E-state index < -0.39 is 0 Å². The predicted octanol–water partition coefficient (Wildman–Crippen LogP) is 3.68. The Labute approximate surface area is 182 Å². The first-order valence-electron chi connectivity index (χ1n) is 10.5. The van der Waals surface area contributed by atoms with Gasteiger partial charge >= 0.3 is 0 Å². The number of benzene rings is 1. The topological polar surface area (TPSA) is 76.8 Å². The van der Waals surface area contributed by atoms with Gasteiger partial charge in [-0.2, -0.15) is 0 Å². The normalized spacial score (nSPS) is 18.7. The van der Waals surface area contributed by atoms with Crippen LogP contribution in [0.5, 0.6) is 11.5 Å².